The lowest BCUT2D eigenvalue weighted by Gasteiger charge is -2.30. The van der Waals surface area contributed by atoms with Crippen molar-refractivity contribution in [3.63, 3.8) is 0 Å². The molecule has 1 rings (SSSR count). The molecule has 0 fully saturated rings. The second kappa shape index (κ2) is 23.1. The van der Waals surface area contributed by atoms with E-state index in [1.165, 1.54) is 6.08 Å². The minimum atomic E-state index is -0.593. The average molecular weight is 697 g/mol. The third kappa shape index (κ3) is 18.9. The maximum absolute atomic E-state index is 13.1. The monoisotopic (exact) mass is 696 g/mol. The van der Waals surface area contributed by atoms with Crippen LogP contribution in [0.2, 0.25) is 0 Å². The molecule has 1 heterocycles. The van der Waals surface area contributed by atoms with E-state index >= 15 is 0 Å². The molecule has 1 aliphatic rings. The molecule has 0 aromatic heterocycles. The third-order valence-electron chi connectivity index (χ3n) is 9.09. The molecule has 1 aliphatic heterocycles. The zero-order valence-electron chi connectivity index (χ0n) is 30.8. The maximum Gasteiger partial charge on any atom is 0.246 e. The smallest absolute Gasteiger partial charge is 0.246 e. The van der Waals surface area contributed by atoms with E-state index in [4.69, 9.17) is 9.47 Å². The van der Waals surface area contributed by atoms with Gasteiger partial charge in [-0.3, -0.25) is 24.0 Å². The molecular formula is C36H64N4O7S. The Morgan fingerprint density at radius 2 is 1.60 bits per heavy atom. The molecular weight excluding hydrogens is 632 g/mol. The molecule has 11 nitrogen and oxygen atoms in total. The van der Waals surface area contributed by atoms with Gasteiger partial charge in [0.15, 0.2) is 0 Å². The molecule has 2 atom stereocenters. The SMILES string of the molecule is CCC(C)(CNC(=O)CCCNC(=O)C(C)(CC)CCOC(C)(C)CCNC(=O)CCN1CC=CC1=O)COCCCSCCC(C)=O. The summed E-state index contributed by atoms with van der Waals surface area (Å²) in [5, 5.41) is 8.96. The van der Waals surface area contributed by atoms with Crippen LogP contribution >= 0.6 is 11.8 Å². The number of ketones is 1. The zero-order chi connectivity index (χ0) is 36.1. The summed E-state index contributed by atoms with van der Waals surface area (Å²) in [6.07, 6.45) is 8.75. The zero-order valence-corrected chi connectivity index (χ0v) is 31.6. The highest BCUT2D eigenvalue weighted by atomic mass is 32.2. The molecule has 0 aromatic carbocycles. The van der Waals surface area contributed by atoms with Gasteiger partial charge in [-0.1, -0.05) is 33.8 Å². The van der Waals surface area contributed by atoms with Crippen LogP contribution < -0.4 is 16.0 Å². The fourth-order valence-electron chi connectivity index (χ4n) is 4.82. The topological polar surface area (TPSA) is 143 Å². The van der Waals surface area contributed by atoms with Crippen molar-refractivity contribution in [3.8, 4) is 0 Å². The van der Waals surface area contributed by atoms with Gasteiger partial charge in [-0.15, -0.1) is 0 Å². The third-order valence-corrected chi connectivity index (χ3v) is 10.2. The molecule has 0 aliphatic carbocycles. The Balaban J connectivity index is 2.25. The predicted octanol–water partition coefficient (Wildman–Crippen LogP) is 4.43. The summed E-state index contributed by atoms with van der Waals surface area (Å²) in [5.74, 6) is 1.83. The van der Waals surface area contributed by atoms with Crippen molar-refractivity contribution in [2.45, 2.75) is 112 Å². The van der Waals surface area contributed by atoms with Crippen molar-refractivity contribution < 1.29 is 33.4 Å². The maximum atomic E-state index is 13.1. The first-order chi connectivity index (χ1) is 22.6. The average Bonchev–Trinajstić information content (AvgIpc) is 3.46. The van der Waals surface area contributed by atoms with E-state index in [1.54, 1.807) is 29.7 Å². The van der Waals surface area contributed by atoms with E-state index < -0.39 is 11.0 Å². The van der Waals surface area contributed by atoms with Gasteiger partial charge in [0.1, 0.15) is 5.78 Å². The molecule has 0 aromatic rings. The van der Waals surface area contributed by atoms with Crippen LogP contribution in [-0.4, -0.2) is 104 Å². The van der Waals surface area contributed by atoms with Crippen molar-refractivity contribution >= 4 is 41.2 Å². The van der Waals surface area contributed by atoms with Crippen LogP contribution in [0.15, 0.2) is 12.2 Å². The number of thioether (sulfide) groups is 1. The van der Waals surface area contributed by atoms with Crippen LogP contribution in [0.5, 0.6) is 0 Å². The number of hydrogen-bond acceptors (Lipinski definition) is 8. The highest BCUT2D eigenvalue weighted by Gasteiger charge is 2.32. The standard InChI is InChI=1S/C36H64N4O7S/c1-8-35(6,28-46-23-12-25-48-26-16-29(3)41)27-39-30(42)13-10-19-38-33(45)36(7,9-2)18-24-47-34(4,5)17-20-37-31(43)15-22-40-21-11-14-32(40)44/h11,14H,8-10,12-13,15-28H2,1-7H3,(H,37,43)(H,38,45)(H,39,42). The Kier molecular flexibility index (Phi) is 20.9. The molecule has 4 amide bonds. The summed E-state index contributed by atoms with van der Waals surface area (Å²) in [6.45, 7) is 17.7. The Morgan fingerprint density at radius 3 is 2.25 bits per heavy atom. The lowest BCUT2D eigenvalue weighted by Crippen LogP contribution is -2.41. The number of carbonyl (C=O) groups is 5. The first kappa shape index (κ1) is 43.6. The summed E-state index contributed by atoms with van der Waals surface area (Å²) in [6, 6.07) is 0. The van der Waals surface area contributed by atoms with E-state index in [9.17, 15) is 24.0 Å². The number of nitrogens with zero attached hydrogens (tertiary/aromatic N) is 1. The molecule has 3 N–H and O–H groups in total. The fourth-order valence-corrected chi connectivity index (χ4v) is 5.78. The van der Waals surface area contributed by atoms with Gasteiger partial charge < -0.3 is 30.3 Å². The fraction of sp³-hybridized carbons (Fsp3) is 0.806. The Bertz CT molecular complexity index is 1050. The molecule has 2 unspecified atom stereocenters. The Hall–Kier alpha value is -2.44. The largest absolute Gasteiger partial charge is 0.381 e. The van der Waals surface area contributed by atoms with Gasteiger partial charge in [0, 0.05) is 87.9 Å². The van der Waals surface area contributed by atoms with Crippen LogP contribution in [0.4, 0.5) is 0 Å². The lowest BCUT2D eigenvalue weighted by atomic mass is 9.83. The number of Topliss-reactive ketones (excluding diaryl/α,β-unsaturated/α-hetero) is 1. The number of nitrogens with one attached hydrogen (secondary N) is 3. The number of amides is 4. The number of carbonyl (C=O) groups excluding carboxylic acids is 5. The minimum Gasteiger partial charge on any atom is -0.381 e. The summed E-state index contributed by atoms with van der Waals surface area (Å²) < 4.78 is 12.0. The van der Waals surface area contributed by atoms with Crippen molar-refractivity contribution in [2.24, 2.45) is 10.8 Å². The highest BCUT2D eigenvalue weighted by Crippen LogP contribution is 2.27. The van der Waals surface area contributed by atoms with E-state index in [0.717, 1.165) is 24.3 Å². The normalized spacial score (nSPS) is 15.6. The van der Waals surface area contributed by atoms with E-state index in [-0.39, 0.29) is 41.2 Å². The molecule has 276 valence electrons. The second-order valence-corrected chi connectivity index (χ2v) is 15.3. The Labute approximate surface area is 293 Å². The van der Waals surface area contributed by atoms with Gasteiger partial charge in [-0.2, -0.15) is 11.8 Å². The first-order valence-electron chi connectivity index (χ1n) is 17.7. The van der Waals surface area contributed by atoms with Crippen LogP contribution in [0.1, 0.15) is 106 Å². The van der Waals surface area contributed by atoms with E-state index in [0.29, 0.717) is 91.1 Å². The van der Waals surface area contributed by atoms with Crippen LogP contribution in [-0.2, 0) is 33.4 Å². The van der Waals surface area contributed by atoms with Crippen molar-refractivity contribution in [2.75, 3.05) is 64.1 Å². The number of rotatable bonds is 28. The molecule has 0 radical (unpaired) electrons. The molecule has 0 saturated heterocycles. The number of ether oxygens (including phenoxy) is 2. The summed E-state index contributed by atoms with van der Waals surface area (Å²) in [4.78, 5) is 62.0. The van der Waals surface area contributed by atoms with Gasteiger partial charge in [-0.05, 0) is 65.0 Å². The van der Waals surface area contributed by atoms with Gasteiger partial charge in [-0.25, -0.2) is 0 Å². The second-order valence-electron chi connectivity index (χ2n) is 14.1. The van der Waals surface area contributed by atoms with Crippen LogP contribution in [0.25, 0.3) is 0 Å². The van der Waals surface area contributed by atoms with Gasteiger partial charge in [0.2, 0.25) is 23.6 Å². The Morgan fingerprint density at radius 1 is 0.875 bits per heavy atom. The highest BCUT2D eigenvalue weighted by molar-refractivity contribution is 7.99. The van der Waals surface area contributed by atoms with Gasteiger partial charge >= 0.3 is 0 Å². The van der Waals surface area contributed by atoms with Crippen molar-refractivity contribution in [1.29, 1.82) is 0 Å². The van der Waals surface area contributed by atoms with Crippen molar-refractivity contribution in [1.82, 2.24) is 20.9 Å². The predicted molar refractivity (Wildman–Crippen MR) is 193 cm³/mol. The molecule has 0 bridgehead atoms. The summed E-state index contributed by atoms with van der Waals surface area (Å²) in [5.41, 5.74) is -1.21. The molecule has 12 heteroatoms. The van der Waals surface area contributed by atoms with E-state index in [1.807, 2.05) is 27.7 Å². The van der Waals surface area contributed by atoms with Gasteiger partial charge in [0.05, 0.1) is 12.2 Å². The first-order valence-corrected chi connectivity index (χ1v) is 18.9. The summed E-state index contributed by atoms with van der Waals surface area (Å²) in [7, 11) is 0. The van der Waals surface area contributed by atoms with E-state index in [2.05, 4.69) is 29.8 Å². The molecule has 48 heavy (non-hydrogen) atoms. The van der Waals surface area contributed by atoms with Crippen LogP contribution in [0, 0.1) is 10.8 Å². The van der Waals surface area contributed by atoms with Gasteiger partial charge in [0.25, 0.3) is 0 Å². The summed E-state index contributed by atoms with van der Waals surface area (Å²) >= 11 is 1.77. The minimum absolute atomic E-state index is 0.0325. The molecule has 0 saturated carbocycles. The van der Waals surface area contributed by atoms with Crippen LogP contribution in [0.3, 0.4) is 0 Å². The lowest BCUT2D eigenvalue weighted by molar-refractivity contribution is -0.133. The molecule has 0 spiro atoms. The number of hydrogen-bond donors (Lipinski definition) is 3. The quantitative estimate of drug-likeness (QED) is 0.102. The van der Waals surface area contributed by atoms with Crippen molar-refractivity contribution in [3.05, 3.63) is 12.2 Å².